The van der Waals surface area contributed by atoms with Crippen LogP contribution < -0.4 is 4.74 Å². The van der Waals surface area contributed by atoms with Crippen molar-refractivity contribution in [3.05, 3.63) is 47.6 Å². The van der Waals surface area contributed by atoms with Crippen LogP contribution in [0, 0.1) is 24.7 Å². The highest BCUT2D eigenvalue weighted by Gasteiger charge is 2.28. The van der Waals surface area contributed by atoms with Crippen molar-refractivity contribution in [1.82, 2.24) is 0 Å². The van der Waals surface area contributed by atoms with Gasteiger partial charge in [0, 0.05) is 5.56 Å². The molecule has 3 rings (SSSR count). The molecule has 0 saturated heterocycles. The number of hydrogen-bond acceptors (Lipinski definition) is 1. The van der Waals surface area contributed by atoms with Gasteiger partial charge in [0.2, 0.25) is 0 Å². The van der Waals surface area contributed by atoms with Crippen LogP contribution in [0.3, 0.4) is 0 Å². The highest BCUT2D eigenvalue weighted by atomic mass is 16.5. The largest absolute Gasteiger partial charge is 0.496 e. The normalized spacial score (nSPS) is 25.7. The molecule has 0 heterocycles. The van der Waals surface area contributed by atoms with E-state index >= 15 is 0 Å². The molecule has 1 atom stereocenters. The fourth-order valence-electron chi connectivity index (χ4n) is 5.55. The molecule has 1 unspecified atom stereocenters. The molecule has 148 valence electrons. The van der Waals surface area contributed by atoms with Gasteiger partial charge in [-0.1, -0.05) is 50.8 Å². The van der Waals surface area contributed by atoms with E-state index in [1.807, 2.05) is 6.08 Å². The highest BCUT2D eigenvalue weighted by Crippen LogP contribution is 2.43. The molecule has 1 fully saturated rings. The van der Waals surface area contributed by atoms with Gasteiger partial charge in [0.1, 0.15) is 5.75 Å². The lowest BCUT2D eigenvalue weighted by molar-refractivity contribution is 0.189. The lowest BCUT2D eigenvalue weighted by atomic mass is 9.70. The molecule has 1 aromatic carbocycles. The van der Waals surface area contributed by atoms with Crippen LogP contribution in [0.25, 0.3) is 5.57 Å². The first-order chi connectivity index (χ1) is 13.2. The number of hydrogen-bond donors (Lipinski definition) is 0. The van der Waals surface area contributed by atoms with E-state index in [1.165, 1.54) is 74.5 Å². The highest BCUT2D eigenvalue weighted by molar-refractivity contribution is 5.71. The van der Waals surface area contributed by atoms with Crippen molar-refractivity contribution in [3.63, 3.8) is 0 Å². The molecule has 0 amide bonds. The van der Waals surface area contributed by atoms with Crippen LogP contribution in [0.15, 0.2) is 30.9 Å². The maximum atomic E-state index is 5.58. The zero-order chi connectivity index (χ0) is 19.2. The third-order valence-corrected chi connectivity index (χ3v) is 7.18. The SMILES string of the molecule is C=CCc1c(OC)ccc(C2=CCC(C3CCC(CCC)CC3)CC2)c1C. The molecule has 1 saturated carbocycles. The molecule has 0 spiro atoms. The van der Waals surface area contributed by atoms with Crippen molar-refractivity contribution in [2.45, 2.75) is 78.1 Å². The Morgan fingerprint density at radius 2 is 1.89 bits per heavy atom. The maximum absolute atomic E-state index is 5.58. The number of ether oxygens (including phenoxy) is 1. The van der Waals surface area contributed by atoms with Gasteiger partial charge in [-0.05, 0) is 86.0 Å². The van der Waals surface area contributed by atoms with Gasteiger partial charge in [-0.3, -0.25) is 0 Å². The van der Waals surface area contributed by atoms with Crippen molar-refractivity contribution >= 4 is 5.57 Å². The van der Waals surface area contributed by atoms with Crippen molar-refractivity contribution in [1.29, 1.82) is 0 Å². The average molecular weight is 367 g/mol. The Morgan fingerprint density at radius 3 is 2.48 bits per heavy atom. The van der Waals surface area contributed by atoms with E-state index in [1.54, 1.807) is 12.7 Å². The van der Waals surface area contributed by atoms with Gasteiger partial charge in [0.15, 0.2) is 0 Å². The van der Waals surface area contributed by atoms with Crippen molar-refractivity contribution < 1.29 is 4.74 Å². The Kier molecular flexibility index (Phi) is 7.21. The van der Waals surface area contributed by atoms with Gasteiger partial charge in [-0.25, -0.2) is 0 Å². The van der Waals surface area contributed by atoms with Crippen LogP contribution >= 0.6 is 0 Å². The van der Waals surface area contributed by atoms with E-state index < -0.39 is 0 Å². The van der Waals surface area contributed by atoms with Crippen molar-refractivity contribution in [3.8, 4) is 5.75 Å². The second-order valence-corrected chi connectivity index (χ2v) is 8.75. The molecule has 1 aromatic rings. The van der Waals surface area contributed by atoms with Crippen LogP contribution in [0.1, 0.15) is 81.4 Å². The Bertz CT molecular complexity index is 661. The van der Waals surface area contributed by atoms with E-state index in [0.29, 0.717) is 0 Å². The topological polar surface area (TPSA) is 9.23 Å². The second kappa shape index (κ2) is 9.62. The fraction of sp³-hybridized carbons (Fsp3) is 0.615. The molecule has 0 bridgehead atoms. The molecule has 0 aliphatic heterocycles. The van der Waals surface area contributed by atoms with Crippen LogP contribution in [0.2, 0.25) is 0 Å². The third-order valence-electron chi connectivity index (χ3n) is 7.18. The van der Waals surface area contributed by atoms with Crippen LogP contribution in [-0.4, -0.2) is 7.11 Å². The summed E-state index contributed by atoms with van der Waals surface area (Å²) in [6.07, 6.45) is 18.0. The van der Waals surface area contributed by atoms with Gasteiger partial charge >= 0.3 is 0 Å². The number of benzene rings is 1. The minimum absolute atomic E-state index is 0.875. The quantitative estimate of drug-likeness (QED) is 0.453. The zero-order valence-electron chi connectivity index (χ0n) is 17.7. The lowest BCUT2D eigenvalue weighted by Crippen LogP contribution is -2.23. The summed E-state index contributed by atoms with van der Waals surface area (Å²) >= 11 is 0. The van der Waals surface area contributed by atoms with E-state index in [2.05, 4.69) is 38.6 Å². The Balaban J connectivity index is 1.67. The van der Waals surface area contributed by atoms with Gasteiger partial charge in [0.05, 0.1) is 7.11 Å². The van der Waals surface area contributed by atoms with Gasteiger partial charge in [0.25, 0.3) is 0 Å². The molecule has 0 radical (unpaired) electrons. The maximum Gasteiger partial charge on any atom is 0.122 e. The van der Waals surface area contributed by atoms with Crippen LogP contribution in [0.5, 0.6) is 5.75 Å². The molecule has 2 aliphatic rings. The molecule has 2 aliphatic carbocycles. The standard InChI is InChI=1S/C26H38O/c1-5-7-20-9-11-21(12-10-20)22-13-15-23(16-14-22)24-17-18-26(27-4)25(8-6-2)19(24)3/h6,15,17-18,20-22H,2,5,7-14,16H2,1,3-4H3. The molecule has 0 N–H and O–H groups in total. The molecule has 1 heteroatoms. The summed E-state index contributed by atoms with van der Waals surface area (Å²) in [7, 11) is 1.76. The number of allylic oxidation sites excluding steroid dienone is 3. The summed E-state index contributed by atoms with van der Waals surface area (Å²) in [6.45, 7) is 8.51. The fourth-order valence-corrected chi connectivity index (χ4v) is 5.55. The van der Waals surface area contributed by atoms with Gasteiger partial charge < -0.3 is 4.74 Å². The third kappa shape index (κ3) is 4.68. The first kappa shape index (κ1) is 20.2. The Labute approximate surface area is 166 Å². The molecule has 27 heavy (non-hydrogen) atoms. The summed E-state index contributed by atoms with van der Waals surface area (Å²) in [5.74, 6) is 3.91. The summed E-state index contributed by atoms with van der Waals surface area (Å²) in [6, 6.07) is 4.41. The lowest BCUT2D eigenvalue weighted by Gasteiger charge is -2.35. The monoisotopic (exact) mass is 366 g/mol. The van der Waals surface area contributed by atoms with Crippen molar-refractivity contribution in [2.75, 3.05) is 7.11 Å². The summed E-state index contributed by atoms with van der Waals surface area (Å²) in [5.41, 5.74) is 5.65. The minimum Gasteiger partial charge on any atom is -0.496 e. The van der Waals surface area contributed by atoms with Crippen LogP contribution in [0.4, 0.5) is 0 Å². The van der Waals surface area contributed by atoms with Crippen LogP contribution in [-0.2, 0) is 6.42 Å². The van der Waals surface area contributed by atoms with E-state index in [-0.39, 0.29) is 0 Å². The van der Waals surface area contributed by atoms with E-state index in [9.17, 15) is 0 Å². The minimum atomic E-state index is 0.875. The summed E-state index contributed by atoms with van der Waals surface area (Å²) in [5, 5.41) is 0. The van der Waals surface area contributed by atoms with Gasteiger partial charge in [-0.15, -0.1) is 6.58 Å². The number of rotatable bonds is 7. The zero-order valence-corrected chi connectivity index (χ0v) is 17.7. The Hall–Kier alpha value is -1.50. The van der Waals surface area contributed by atoms with Gasteiger partial charge in [-0.2, -0.15) is 0 Å². The smallest absolute Gasteiger partial charge is 0.122 e. The van der Waals surface area contributed by atoms with E-state index in [4.69, 9.17) is 4.74 Å². The number of methoxy groups -OCH3 is 1. The second-order valence-electron chi connectivity index (χ2n) is 8.75. The first-order valence-corrected chi connectivity index (χ1v) is 11.1. The predicted octanol–water partition coefficient (Wildman–Crippen LogP) is 7.52. The first-order valence-electron chi connectivity index (χ1n) is 11.1. The predicted molar refractivity (Wildman–Crippen MR) is 117 cm³/mol. The Morgan fingerprint density at radius 1 is 1.11 bits per heavy atom. The van der Waals surface area contributed by atoms with Crippen molar-refractivity contribution in [2.24, 2.45) is 17.8 Å². The molecule has 1 nitrogen and oxygen atoms in total. The molecular formula is C26H38O. The van der Waals surface area contributed by atoms with E-state index in [0.717, 1.165) is 29.9 Å². The molecule has 0 aromatic heterocycles. The summed E-state index contributed by atoms with van der Waals surface area (Å²) in [4.78, 5) is 0. The molecular weight excluding hydrogens is 328 g/mol. The summed E-state index contributed by atoms with van der Waals surface area (Å²) < 4.78 is 5.58. The average Bonchev–Trinajstić information content (AvgIpc) is 2.71.